The molecule has 0 aliphatic carbocycles. The van der Waals surface area contributed by atoms with Gasteiger partial charge in [0.05, 0.1) is 53.2 Å². The second-order valence-corrected chi connectivity index (χ2v) is 13.6. The minimum absolute atomic E-state index is 0.0359. The number of aliphatic hydroxyl groups excluding tert-OH is 4. The maximum absolute atomic E-state index is 14.7. The molecule has 1 fully saturated rings. The number of hydrogen-bond donors (Lipinski definition) is 7. The first-order valence-corrected chi connectivity index (χ1v) is 17.8. The van der Waals surface area contributed by atoms with E-state index < -0.39 is 90.3 Å². The van der Waals surface area contributed by atoms with Crippen LogP contribution in [0.4, 0.5) is 8.78 Å². The van der Waals surface area contributed by atoms with Crippen molar-refractivity contribution in [3.8, 4) is 22.7 Å². The molecule has 56 heavy (non-hydrogen) atoms. The number of amides is 2. The van der Waals surface area contributed by atoms with Crippen LogP contribution in [0.5, 0.6) is 5.75 Å². The molecule has 0 bridgehead atoms. The van der Waals surface area contributed by atoms with Crippen molar-refractivity contribution in [2.24, 2.45) is 0 Å². The van der Waals surface area contributed by atoms with Crippen LogP contribution in [0.2, 0.25) is 5.02 Å². The van der Waals surface area contributed by atoms with Crippen molar-refractivity contribution in [1.82, 2.24) is 30.8 Å². The molecule has 20 heteroatoms. The number of alkyl halides is 2. The summed E-state index contributed by atoms with van der Waals surface area (Å²) < 4.78 is 47.0. The lowest BCUT2D eigenvalue weighted by Crippen LogP contribution is -2.68. The summed E-state index contributed by atoms with van der Waals surface area (Å²) >= 11 is 6.39. The monoisotopic (exact) mass is 806 g/mol. The zero-order chi connectivity index (χ0) is 41.1. The highest BCUT2D eigenvalue weighted by atomic mass is 35.5. The molecule has 5 rings (SSSR count). The van der Waals surface area contributed by atoms with Gasteiger partial charge in [-0.15, -0.1) is 5.10 Å². The molecule has 0 spiro atoms. The molecular formula is C36H41ClF2N6O11. The van der Waals surface area contributed by atoms with Gasteiger partial charge in [-0.2, -0.15) is 0 Å². The number of carbonyl (C=O) groups is 3. The van der Waals surface area contributed by atoms with Crippen LogP contribution in [0.1, 0.15) is 73.8 Å². The van der Waals surface area contributed by atoms with Gasteiger partial charge in [0.25, 0.3) is 12.3 Å². The van der Waals surface area contributed by atoms with E-state index in [1.807, 2.05) is 13.8 Å². The normalized spacial score (nSPS) is 21.0. The lowest BCUT2D eigenvalue weighted by Gasteiger charge is -2.46. The number of hydrogen-bond acceptors (Lipinski definition) is 13. The van der Waals surface area contributed by atoms with E-state index in [0.29, 0.717) is 23.4 Å². The van der Waals surface area contributed by atoms with Crippen molar-refractivity contribution >= 4 is 29.4 Å². The molecule has 6 atom stereocenters. The minimum Gasteiger partial charge on any atom is -0.476 e. The van der Waals surface area contributed by atoms with Gasteiger partial charge in [-0.1, -0.05) is 54.0 Å². The van der Waals surface area contributed by atoms with Crippen molar-refractivity contribution in [2.75, 3.05) is 6.61 Å². The van der Waals surface area contributed by atoms with Crippen LogP contribution >= 0.6 is 11.6 Å². The average Bonchev–Trinajstić information content (AvgIpc) is 3.82. The van der Waals surface area contributed by atoms with Gasteiger partial charge in [0, 0.05) is 12.5 Å². The Kier molecular flexibility index (Phi) is 12.8. The van der Waals surface area contributed by atoms with Crippen LogP contribution in [-0.4, -0.2) is 106 Å². The van der Waals surface area contributed by atoms with Crippen molar-refractivity contribution in [1.29, 1.82) is 0 Å². The summed E-state index contributed by atoms with van der Waals surface area (Å²) in [6.07, 6.45) is -9.77. The molecule has 1 aliphatic rings. The van der Waals surface area contributed by atoms with Gasteiger partial charge >= 0.3 is 11.8 Å². The van der Waals surface area contributed by atoms with Gasteiger partial charge in [-0.05, 0) is 44.0 Å². The van der Waals surface area contributed by atoms with Crippen molar-refractivity contribution in [3.05, 3.63) is 76.3 Å². The molecule has 0 radical (unpaired) electrons. The fourth-order valence-corrected chi connectivity index (χ4v) is 6.80. The molecule has 17 nitrogen and oxygen atoms in total. The number of aliphatic carboxylic acids is 1. The number of nitrogens with one attached hydrogen (secondary N) is 2. The Morgan fingerprint density at radius 1 is 1.16 bits per heavy atom. The Labute approximate surface area is 323 Å². The average molecular weight is 807 g/mol. The van der Waals surface area contributed by atoms with E-state index in [1.54, 1.807) is 31.2 Å². The Hall–Kier alpha value is -5.05. The van der Waals surface area contributed by atoms with Crippen LogP contribution in [0.25, 0.3) is 16.9 Å². The number of carboxylic acids is 1. The number of aryl methyl sites for hydroxylation is 1. The minimum atomic E-state index is -3.26. The summed E-state index contributed by atoms with van der Waals surface area (Å²) in [5, 5.41) is 69.5. The first-order valence-electron chi connectivity index (χ1n) is 17.4. The summed E-state index contributed by atoms with van der Waals surface area (Å²) in [4.78, 5) is 38.4. The van der Waals surface area contributed by atoms with E-state index in [1.165, 1.54) is 16.9 Å². The molecule has 7 N–H and O–H groups in total. The summed E-state index contributed by atoms with van der Waals surface area (Å²) in [6.45, 7) is 5.27. The van der Waals surface area contributed by atoms with Gasteiger partial charge in [0.15, 0.2) is 0 Å². The topological polar surface area (TPSA) is 252 Å². The highest BCUT2D eigenvalue weighted by Gasteiger charge is 2.57. The third-order valence-electron chi connectivity index (χ3n) is 9.72. The SMILES string of the molecule is CCC(CC)(NC(=O)c1c(-c2ccccc2Cl)noc1C)c1cn(-c2ccc(O[C@]3(C(=O)O)C[C@H](O)[C@@H](NC(C)=O)[C@H]([C@H](O)[C@H](O)CO)O3)c(C(F)F)c2)nn1. The van der Waals surface area contributed by atoms with Gasteiger partial charge in [-0.25, -0.2) is 18.3 Å². The molecule has 302 valence electrons. The summed E-state index contributed by atoms with van der Waals surface area (Å²) in [5.41, 5.74) is -0.755. The van der Waals surface area contributed by atoms with Crippen molar-refractivity contribution in [3.63, 3.8) is 0 Å². The Balaban J connectivity index is 1.46. The molecule has 0 saturated carbocycles. The predicted octanol–water partition coefficient (Wildman–Crippen LogP) is 2.80. The standard InChI is InChI=1S/C36H41ClF2N6O11/c1-5-35(6-2,41-33(51)27-17(3)56-43-28(27)20-9-7-8-10-22(20)37)26-15-45(44-42-26)19-11-12-25(21(13-19)32(38)39)54-36(34(52)53)14-23(48)29(40-18(4)47)31(55-36)30(50)24(49)16-46/h7-13,15,23-24,29-32,46,48-50H,5-6,14,16H2,1-4H3,(H,40,47)(H,41,51)(H,52,53)/t23-,24+,29+,30+,31+,36+/m0/s1. The maximum Gasteiger partial charge on any atom is 0.377 e. The molecule has 3 heterocycles. The van der Waals surface area contributed by atoms with Gasteiger partial charge in [0.1, 0.15) is 46.8 Å². The fourth-order valence-electron chi connectivity index (χ4n) is 6.57. The molecule has 0 unspecified atom stereocenters. The van der Waals surface area contributed by atoms with E-state index in [2.05, 4.69) is 26.1 Å². The van der Waals surface area contributed by atoms with Crippen LogP contribution < -0.4 is 15.4 Å². The molecule has 2 aromatic heterocycles. The second-order valence-electron chi connectivity index (χ2n) is 13.2. The van der Waals surface area contributed by atoms with Crippen LogP contribution in [0.3, 0.4) is 0 Å². The number of carboxylic acid groups (broad SMARTS) is 1. The Bertz CT molecular complexity index is 2060. The largest absolute Gasteiger partial charge is 0.476 e. The number of aromatic nitrogens is 4. The summed E-state index contributed by atoms with van der Waals surface area (Å²) in [7, 11) is 0. The number of benzene rings is 2. The van der Waals surface area contributed by atoms with E-state index in [-0.39, 0.29) is 28.4 Å². The Morgan fingerprint density at radius 2 is 1.86 bits per heavy atom. The lowest BCUT2D eigenvalue weighted by atomic mass is 9.88. The summed E-state index contributed by atoms with van der Waals surface area (Å²) in [6, 6.07) is 8.57. The smallest absolute Gasteiger partial charge is 0.377 e. The number of nitrogens with zero attached hydrogens (tertiary/aromatic N) is 4. The van der Waals surface area contributed by atoms with E-state index in [9.17, 15) is 48.7 Å². The number of ether oxygens (including phenoxy) is 2. The van der Waals surface area contributed by atoms with Crippen LogP contribution in [0.15, 0.2) is 53.2 Å². The van der Waals surface area contributed by atoms with E-state index >= 15 is 0 Å². The molecule has 1 aliphatic heterocycles. The quantitative estimate of drug-likeness (QED) is 0.0913. The predicted molar refractivity (Wildman–Crippen MR) is 191 cm³/mol. The molecule has 1 saturated heterocycles. The zero-order valence-electron chi connectivity index (χ0n) is 30.5. The van der Waals surface area contributed by atoms with Gasteiger partial charge in [0.2, 0.25) is 5.91 Å². The first-order chi connectivity index (χ1) is 26.5. The fraction of sp³-hybridized carbons (Fsp3) is 0.444. The van der Waals surface area contributed by atoms with Crippen LogP contribution in [-0.2, 0) is 19.9 Å². The first kappa shape index (κ1) is 42.1. The molecule has 2 amide bonds. The molecule has 2 aromatic carbocycles. The van der Waals surface area contributed by atoms with Crippen LogP contribution in [0, 0.1) is 6.92 Å². The zero-order valence-corrected chi connectivity index (χ0v) is 31.3. The third-order valence-corrected chi connectivity index (χ3v) is 10.0. The van der Waals surface area contributed by atoms with Crippen molar-refractivity contribution < 1.29 is 62.7 Å². The highest BCUT2D eigenvalue weighted by Crippen LogP contribution is 2.39. The molecule has 4 aromatic rings. The number of rotatable bonds is 15. The summed E-state index contributed by atoms with van der Waals surface area (Å²) in [5.74, 6) is -6.51. The van der Waals surface area contributed by atoms with Gasteiger partial charge < -0.3 is 50.2 Å². The number of carbonyl (C=O) groups excluding carboxylic acids is 2. The van der Waals surface area contributed by atoms with Crippen molar-refractivity contribution in [2.45, 2.75) is 95.2 Å². The van der Waals surface area contributed by atoms with E-state index in [0.717, 1.165) is 19.1 Å². The second kappa shape index (κ2) is 17.0. The maximum atomic E-state index is 14.7. The van der Waals surface area contributed by atoms with Gasteiger partial charge in [-0.3, -0.25) is 9.59 Å². The highest BCUT2D eigenvalue weighted by molar-refractivity contribution is 6.33. The molecular weight excluding hydrogens is 766 g/mol. The lowest BCUT2D eigenvalue weighted by molar-refractivity contribution is -0.284. The number of halogens is 3. The third kappa shape index (κ3) is 8.23. The Morgan fingerprint density at radius 3 is 2.46 bits per heavy atom. The number of aliphatic hydroxyl groups is 4. The van der Waals surface area contributed by atoms with E-state index in [4.69, 9.17) is 25.6 Å².